The number of aliphatic carboxylic acids is 1. The van der Waals surface area contributed by atoms with E-state index in [1.54, 1.807) is 0 Å². The molecule has 0 saturated heterocycles. The van der Waals surface area contributed by atoms with Crippen molar-refractivity contribution in [3.05, 3.63) is 35.9 Å². The molecule has 1 aliphatic rings. The van der Waals surface area contributed by atoms with Crippen LogP contribution in [0, 0.1) is 11.8 Å². The van der Waals surface area contributed by atoms with E-state index < -0.39 is 5.97 Å². The van der Waals surface area contributed by atoms with Crippen molar-refractivity contribution in [3.63, 3.8) is 0 Å². The predicted molar refractivity (Wildman–Crippen MR) is 83.4 cm³/mol. The molecule has 0 atom stereocenters. The van der Waals surface area contributed by atoms with Crippen LogP contribution in [-0.4, -0.2) is 23.5 Å². The lowest BCUT2D eigenvalue weighted by Crippen LogP contribution is -2.24. The molecule has 120 valence electrons. The largest absolute Gasteiger partial charge is 0.481 e. The minimum absolute atomic E-state index is 0.0427. The molecule has 0 spiro atoms. The first-order valence-corrected chi connectivity index (χ1v) is 8.01. The fourth-order valence-electron chi connectivity index (χ4n) is 3.00. The molecule has 0 unspecified atom stereocenters. The number of carboxylic acid groups (broad SMARTS) is 1. The first-order valence-electron chi connectivity index (χ1n) is 8.01. The monoisotopic (exact) mass is 304 g/mol. The van der Waals surface area contributed by atoms with Gasteiger partial charge in [-0.15, -0.1) is 0 Å². The van der Waals surface area contributed by atoms with Gasteiger partial charge in [0.1, 0.15) is 5.78 Å². The molecule has 1 fully saturated rings. The van der Waals surface area contributed by atoms with Crippen LogP contribution in [0.3, 0.4) is 0 Å². The molecule has 0 aliphatic heterocycles. The Bertz CT molecular complexity index is 475. The van der Waals surface area contributed by atoms with E-state index in [0.717, 1.165) is 32.3 Å². The Hall–Kier alpha value is -1.68. The number of rotatable bonds is 8. The van der Waals surface area contributed by atoms with Gasteiger partial charge in [-0.05, 0) is 37.2 Å². The van der Waals surface area contributed by atoms with Crippen molar-refractivity contribution < 1.29 is 19.4 Å². The summed E-state index contributed by atoms with van der Waals surface area (Å²) in [4.78, 5) is 22.4. The van der Waals surface area contributed by atoms with Crippen LogP contribution in [0.15, 0.2) is 30.3 Å². The maximum atomic E-state index is 11.9. The van der Waals surface area contributed by atoms with Crippen LogP contribution in [0.5, 0.6) is 0 Å². The second-order valence-corrected chi connectivity index (χ2v) is 6.08. The van der Waals surface area contributed by atoms with Crippen molar-refractivity contribution in [2.75, 3.05) is 6.61 Å². The van der Waals surface area contributed by atoms with Crippen molar-refractivity contribution >= 4 is 11.8 Å². The standard InChI is InChI=1S/C18H24O4/c19-17(10-11-18(20)21)16-8-6-15(7-9-16)13-22-12-14-4-2-1-3-5-14/h1-5,15-16H,6-13H2,(H,20,21)/t15-,16-. The average Bonchev–Trinajstić information content (AvgIpc) is 2.54. The third-order valence-electron chi connectivity index (χ3n) is 4.35. The highest BCUT2D eigenvalue weighted by Crippen LogP contribution is 2.30. The third-order valence-corrected chi connectivity index (χ3v) is 4.35. The SMILES string of the molecule is O=C(O)CCC(=O)[C@H]1CC[C@H](COCc2ccccc2)CC1. The van der Waals surface area contributed by atoms with Crippen molar-refractivity contribution in [1.29, 1.82) is 0 Å². The fourth-order valence-corrected chi connectivity index (χ4v) is 3.00. The highest BCUT2D eigenvalue weighted by Gasteiger charge is 2.26. The molecule has 4 heteroatoms. The van der Waals surface area contributed by atoms with Crippen LogP contribution >= 0.6 is 0 Å². The molecule has 0 bridgehead atoms. The lowest BCUT2D eigenvalue weighted by atomic mass is 9.79. The average molecular weight is 304 g/mol. The molecule has 1 N–H and O–H groups in total. The van der Waals surface area contributed by atoms with Gasteiger partial charge in [0, 0.05) is 18.9 Å². The summed E-state index contributed by atoms with van der Waals surface area (Å²) in [5.74, 6) is -0.195. The summed E-state index contributed by atoms with van der Waals surface area (Å²) in [6, 6.07) is 10.1. The second kappa shape index (κ2) is 8.69. The van der Waals surface area contributed by atoms with E-state index in [2.05, 4.69) is 12.1 Å². The van der Waals surface area contributed by atoms with Gasteiger partial charge in [0.2, 0.25) is 0 Å². The van der Waals surface area contributed by atoms with E-state index >= 15 is 0 Å². The van der Waals surface area contributed by atoms with Crippen LogP contribution in [0.2, 0.25) is 0 Å². The van der Waals surface area contributed by atoms with E-state index in [9.17, 15) is 9.59 Å². The quantitative estimate of drug-likeness (QED) is 0.799. The smallest absolute Gasteiger partial charge is 0.303 e. The molecule has 1 saturated carbocycles. The summed E-state index contributed by atoms with van der Waals surface area (Å²) in [7, 11) is 0. The molecule has 1 aromatic rings. The van der Waals surface area contributed by atoms with Crippen LogP contribution in [0.4, 0.5) is 0 Å². The Kier molecular flexibility index (Phi) is 6.59. The van der Waals surface area contributed by atoms with Gasteiger partial charge in [-0.1, -0.05) is 30.3 Å². The maximum absolute atomic E-state index is 11.9. The molecule has 0 aromatic heterocycles. The number of carbonyl (C=O) groups excluding carboxylic acids is 1. The van der Waals surface area contributed by atoms with Crippen molar-refractivity contribution in [3.8, 4) is 0 Å². The van der Waals surface area contributed by atoms with Gasteiger partial charge in [0.05, 0.1) is 13.0 Å². The van der Waals surface area contributed by atoms with Gasteiger partial charge in [-0.25, -0.2) is 0 Å². The Balaban J connectivity index is 1.62. The summed E-state index contributed by atoms with van der Waals surface area (Å²) in [6.45, 7) is 1.38. The highest BCUT2D eigenvalue weighted by molar-refractivity contribution is 5.84. The van der Waals surface area contributed by atoms with Gasteiger partial charge in [0.25, 0.3) is 0 Å². The molecule has 1 aliphatic carbocycles. The molecule has 0 heterocycles. The Morgan fingerprint density at radius 1 is 1.05 bits per heavy atom. The molecule has 0 amide bonds. The molecule has 22 heavy (non-hydrogen) atoms. The Labute approximate surface area is 131 Å². The van der Waals surface area contributed by atoms with E-state index in [0.29, 0.717) is 12.5 Å². The summed E-state index contributed by atoms with van der Waals surface area (Å²) < 4.78 is 5.77. The number of ketones is 1. The van der Waals surface area contributed by atoms with Crippen molar-refractivity contribution in [2.45, 2.75) is 45.1 Å². The van der Waals surface area contributed by atoms with Crippen LogP contribution in [0.1, 0.15) is 44.1 Å². The molecular formula is C18H24O4. The van der Waals surface area contributed by atoms with Gasteiger partial charge < -0.3 is 9.84 Å². The zero-order valence-electron chi connectivity index (χ0n) is 12.9. The summed E-state index contributed by atoms with van der Waals surface area (Å²) in [5.41, 5.74) is 1.18. The lowest BCUT2D eigenvalue weighted by Gasteiger charge is -2.27. The lowest BCUT2D eigenvalue weighted by molar-refractivity contribution is -0.139. The second-order valence-electron chi connectivity index (χ2n) is 6.08. The number of Topliss-reactive ketones (excluding diaryl/α,β-unsaturated/α-hetero) is 1. The summed E-state index contributed by atoms with van der Waals surface area (Å²) in [6.07, 6.45) is 3.88. The molecular weight excluding hydrogens is 280 g/mol. The zero-order chi connectivity index (χ0) is 15.8. The molecule has 1 aromatic carbocycles. The minimum Gasteiger partial charge on any atom is -0.481 e. The maximum Gasteiger partial charge on any atom is 0.303 e. The molecule has 4 nitrogen and oxygen atoms in total. The van der Waals surface area contributed by atoms with Gasteiger partial charge in [0.15, 0.2) is 0 Å². The van der Waals surface area contributed by atoms with Gasteiger partial charge >= 0.3 is 5.97 Å². The first-order chi connectivity index (χ1) is 10.6. The number of carbonyl (C=O) groups is 2. The number of benzene rings is 1. The number of carboxylic acids is 1. The van der Waals surface area contributed by atoms with Crippen molar-refractivity contribution in [1.82, 2.24) is 0 Å². The van der Waals surface area contributed by atoms with E-state index in [1.807, 2.05) is 18.2 Å². The summed E-state index contributed by atoms with van der Waals surface area (Å²) >= 11 is 0. The third kappa shape index (κ3) is 5.60. The van der Waals surface area contributed by atoms with Crippen LogP contribution in [0.25, 0.3) is 0 Å². The molecule has 0 radical (unpaired) electrons. The predicted octanol–water partition coefficient (Wildman–Crippen LogP) is 3.44. The Morgan fingerprint density at radius 3 is 2.36 bits per heavy atom. The number of hydrogen-bond acceptors (Lipinski definition) is 3. The van der Waals surface area contributed by atoms with Crippen LogP contribution < -0.4 is 0 Å². The first kappa shape index (κ1) is 16.7. The van der Waals surface area contributed by atoms with E-state index in [-0.39, 0.29) is 24.5 Å². The molecule has 2 rings (SSSR count). The van der Waals surface area contributed by atoms with E-state index in [1.165, 1.54) is 5.56 Å². The Morgan fingerprint density at radius 2 is 1.73 bits per heavy atom. The highest BCUT2D eigenvalue weighted by atomic mass is 16.5. The van der Waals surface area contributed by atoms with Gasteiger partial charge in [-0.2, -0.15) is 0 Å². The normalized spacial score (nSPS) is 21.5. The van der Waals surface area contributed by atoms with Crippen molar-refractivity contribution in [2.24, 2.45) is 11.8 Å². The minimum atomic E-state index is -0.892. The number of ether oxygens (including phenoxy) is 1. The fraction of sp³-hybridized carbons (Fsp3) is 0.556. The van der Waals surface area contributed by atoms with Crippen LogP contribution in [-0.2, 0) is 20.9 Å². The topological polar surface area (TPSA) is 63.6 Å². The summed E-state index contributed by atoms with van der Waals surface area (Å²) in [5, 5.41) is 8.63. The van der Waals surface area contributed by atoms with E-state index in [4.69, 9.17) is 9.84 Å². The number of hydrogen-bond donors (Lipinski definition) is 1. The zero-order valence-corrected chi connectivity index (χ0v) is 12.9. The van der Waals surface area contributed by atoms with Gasteiger partial charge in [-0.3, -0.25) is 9.59 Å².